The van der Waals surface area contributed by atoms with Crippen LogP contribution >= 0.6 is 0 Å². The number of methoxy groups -OCH3 is 2. The summed E-state index contributed by atoms with van der Waals surface area (Å²) in [5, 5.41) is 0. The lowest BCUT2D eigenvalue weighted by atomic mass is 9.63. The minimum atomic E-state index is -1.19. The number of benzene rings is 1. The molecule has 4 atom stereocenters. The molecule has 2 bridgehead atoms. The quantitative estimate of drug-likeness (QED) is 0.614. The number of rotatable bonds is 4. The SMILES string of the molecule is COC(=O)[C@H]1[C@H]2C=C(c3ccccc3)C[C@]1(C(=O)OC)[C@H](C=O)C21CC1. The number of ether oxygens (including phenoxy) is 2. The normalized spacial score (nSPS) is 33.3. The molecule has 1 aromatic carbocycles. The second kappa shape index (κ2) is 5.79. The molecule has 2 saturated carbocycles. The van der Waals surface area contributed by atoms with Crippen LogP contribution in [0.1, 0.15) is 24.8 Å². The molecule has 0 heterocycles. The van der Waals surface area contributed by atoms with Gasteiger partial charge in [0.1, 0.15) is 6.29 Å². The molecule has 5 heteroatoms. The van der Waals surface area contributed by atoms with Crippen LogP contribution in [0, 0.1) is 28.6 Å². The minimum absolute atomic E-state index is 0.187. The van der Waals surface area contributed by atoms with E-state index in [4.69, 9.17) is 9.47 Å². The predicted molar refractivity (Wildman–Crippen MR) is 93.7 cm³/mol. The highest BCUT2D eigenvalue weighted by Gasteiger charge is 2.77. The van der Waals surface area contributed by atoms with Crippen LogP contribution in [0.25, 0.3) is 5.57 Å². The van der Waals surface area contributed by atoms with Crippen LogP contribution in [-0.4, -0.2) is 32.4 Å². The highest BCUT2D eigenvalue weighted by molar-refractivity contribution is 5.94. The molecule has 4 rings (SSSR count). The standard InChI is InChI=1S/C21H22O5/c1-25-18(23)17-15-10-14(13-6-4-3-5-7-13)11-21(17,19(24)26-2)16(12-22)20(15)8-9-20/h3-7,10,12,15-17H,8-9,11H2,1-2H3/t15-,16-,17-,21+/m1/s1. The van der Waals surface area contributed by atoms with Crippen molar-refractivity contribution in [3.05, 3.63) is 42.0 Å². The predicted octanol–water partition coefficient (Wildman–Crippen LogP) is 2.65. The van der Waals surface area contributed by atoms with Crippen LogP contribution in [0.4, 0.5) is 0 Å². The van der Waals surface area contributed by atoms with E-state index in [1.807, 2.05) is 30.3 Å². The summed E-state index contributed by atoms with van der Waals surface area (Å²) >= 11 is 0. The van der Waals surface area contributed by atoms with Crippen LogP contribution in [0.2, 0.25) is 0 Å². The molecule has 26 heavy (non-hydrogen) atoms. The Labute approximate surface area is 152 Å². The van der Waals surface area contributed by atoms with Gasteiger partial charge in [-0.15, -0.1) is 0 Å². The first-order chi connectivity index (χ1) is 12.5. The topological polar surface area (TPSA) is 69.7 Å². The summed E-state index contributed by atoms with van der Waals surface area (Å²) in [6.07, 6.45) is 4.97. The van der Waals surface area contributed by atoms with Gasteiger partial charge in [-0.05, 0) is 41.7 Å². The van der Waals surface area contributed by atoms with E-state index in [2.05, 4.69) is 6.08 Å². The molecular weight excluding hydrogens is 332 g/mol. The highest BCUT2D eigenvalue weighted by atomic mass is 16.5. The minimum Gasteiger partial charge on any atom is -0.469 e. The van der Waals surface area contributed by atoms with Gasteiger partial charge < -0.3 is 14.3 Å². The smallest absolute Gasteiger partial charge is 0.313 e. The average Bonchev–Trinajstić information content (AvgIpc) is 3.46. The number of esters is 2. The van der Waals surface area contributed by atoms with Gasteiger partial charge in [0.2, 0.25) is 0 Å². The van der Waals surface area contributed by atoms with Gasteiger partial charge >= 0.3 is 11.9 Å². The zero-order valence-electron chi connectivity index (χ0n) is 14.9. The van der Waals surface area contributed by atoms with E-state index in [-0.39, 0.29) is 11.3 Å². The van der Waals surface area contributed by atoms with Gasteiger partial charge in [-0.2, -0.15) is 0 Å². The Hall–Kier alpha value is -2.43. The van der Waals surface area contributed by atoms with Crippen LogP contribution in [0.3, 0.4) is 0 Å². The lowest BCUT2D eigenvalue weighted by molar-refractivity contribution is -0.168. The Morgan fingerprint density at radius 1 is 1.12 bits per heavy atom. The Kier molecular flexibility index (Phi) is 3.79. The molecular formula is C21H22O5. The lowest BCUT2D eigenvalue weighted by Crippen LogP contribution is -2.47. The molecule has 3 aliphatic carbocycles. The maximum atomic E-state index is 13.0. The molecule has 0 aromatic heterocycles. The maximum absolute atomic E-state index is 13.0. The van der Waals surface area contributed by atoms with Crippen molar-refractivity contribution in [1.82, 2.24) is 0 Å². The number of fused-ring (bicyclic) bond motifs is 3. The highest BCUT2D eigenvalue weighted by Crippen LogP contribution is 2.75. The Morgan fingerprint density at radius 2 is 1.81 bits per heavy atom. The van der Waals surface area contributed by atoms with Gasteiger partial charge in [0.15, 0.2) is 0 Å². The zero-order chi connectivity index (χ0) is 18.5. The molecule has 0 N–H and O–H groups in total. The van der Waals surface area contributed by atoms with Crippen LogP contribution in [0.5, 0.6) is 0 Å². The van der Waals surface area contributed by atoms with E-state index >= 15 is 0 Å². The Morgan fingerprint density at radius 3 is 2.35 bits per heavy atom. The third-order valence-electron chi connectivity index (χ3n) is 6.74. The number of allylic oxidation sites excluding steroid dienone is 2. The number of hydrogen-bond donors (Lipinski definition) is 0. The second-order valence-electron chi connectivity index (χ2n) is 7.64. The van der Waals surface area contributed by atoms with Crippen LogP contribution in [-0.2, 0) is 23.9 Å². The molecule has 3 aliphatic rings. The first-order valence-corrected chi connectivity index (χ1v) is 8.93. The second-order valence-corrected chi connectivity index (χ2v) is 7.64. The van der Waals surface area contributed by atoms with E-state index in [1.165, 1.54) is 14.2 Å². The number of carbonyl (C=O) groups excluding carboxylic acids is 3. The van der Waals surface area contributed by atoms with Crippen molar-refractivity contribution >= 4 is 23.8 Å². The van der Waals surface area contributed by atoms with E-state index in [0.29, 0.717) is 6.42 Å². The molecule has 0 unspecified atom stereocenters. The summed E-state index contributed by atoms with van der Waals surface area (Å²) < 4.78 is 10.2. The van der Waals surface area contributed by atoms with Crippen molar-refractivity contribution in [2.45, 2.75) is 19.3 Å². The molecule has 0 amide bonds. The van der Waals surface area contributed by atoms with Gasteiger partial charge in [0, 0.05) is 5.92 Å². The Balaban J connectivity index is 1.93. The van der Waals surface area contributed by atoms with Gasteiger partial charge in [-0.3, -0.25) is 9.59 Å². The van der Waals surface area contributed by atoms with E-state index < -0.39 is 29.2 Å². The fourth-order valence-electron chi connectivity index (χ4n) is 5.54. The molecule has 2 fully saturated rings. The van der Waals surface area contributed by atoms with Crippen molar-refractivity contribution in [2.24, 2.45) is 28.6 Å². The number of aldehydes is 1. The first-order valence-electron chi connectivity index (χ1n) is 8.93. The molecule has 1 aromatic rings. The largest absolute Gasteiger partial charge is 0.469 e. The van der Waals surface area contributed by atoms with Crippen molar-refractivity contribution in [1.29, 1.82) is 0 Å². The zero-order valence-corrected chi connectivity index (χ0v) is 14.9. The third kappa shape index (κ3) is 2.00. The molecule has 0 radical (unpaired) electrons. The molecule has 0 saturated heterocycles. The fourth-order valence-corrected chi connectivity index (χ4v) is 5.54. The van der Waals surface area contributed by atoms with Crippen LogP contribution in [0.15, 0.2) is 36.4 Å². The van der Waals surface area contributed by atoms with Crippen molar-refractivity contribution < 1.29 is 23.9 Å². The average molecular weight is 354 g/mol. The van der Waals surface area contributed by atoms with E-state index in [0.717, 1.165) is 30.3 Å². The fraction of sp³-hybridized carbons (Fsp3) is 0.476. The molecule has 0 aliphatic heterocycles. The summed E-state index contributed by atoms with van der Waals surface area (Å²) in [6.45, 7) is 0. The maximum Gasteiger partial charge on any atom is 0.313 e. The Bertz CT molecular complexity index is 792. The third-order valence-corrected chi connectivity index (χ3v) is 6.74. The molecule has 5 nitrogen and oxygen atoms in total. The summed E-state index contributed by atoms with van der Waals surface area (Å²) in [5.74, 6) is -2.31. The molecule has 136 valence electrons. The van der Waals surface area contributed by atoms with Gasteiger partial charge in [-0.25, -0.2) is 0 Å². The number of hydrogen-bond acceptors (Lipinski definition) is 5. The van der Waals surface area contributed by atoms with Crippen molar-refractivity contribution in [3.8, 4) is 0 Å². The van der Waals surface area contributed by atoms with Crippen LogP contribution < -0.4 is 0 Å². The van der Waals surface area contributed by atoms with Gasteiger partial charge in [0.05, 0.1) is 25.6 Å². The van der Waals surface area contributed by atoms with E-state index in [1.54, 1.807) is 0 Å². The first kappa shape index (κ1) is 17.0. The summed E-state index contributed by atoms with van der Waals surface area (Å²) in [6, 6.07) is 9.80. The van der Waals surface area contributed by atoms with Gasteiger partial charge in [-0.1, -0.05) is 36.4 Å². The van der Waals surface area contributed by atoms with Crippen molar-refractivity contribution in [3.63, 3.8) is 0 Å². The summed E-state index contributed by atoms with van der Waals surface area (Å²) in [5.41, 5.74) is 0.490. The van der Waals surface area contributed by atoms with Gasteiger partial charge in [0.25, 0.3) is 0 Å². The summed E-state index contributed by atoms with van der Waals surface area (Å²) in [4.78, 5) is 37.9. The van der Waals surface area contributed by atoms with E-state index in [9.17, 15) is 14.4 Å². The lowest BCUT2D eigenvalue weighted by Gasteiger charge is -2.38. The van der Waals surface area contributed by atoms with Crippen molar-refractivity contribution in [2.75, 3.05) is 14.2 Å². The summed E-state index contributed by atoms with van der Waals surface area (Å²) in [7, 11) is 2.65. The number of carbonyl (C=O) groups is 3. The molecule has 1 spiro atoms. The monoisotopic (exact) mass is 354 g/mol.